The van der Waals surface area contributed by atoms with E-state index in [1.54, 1.807) is 25.1 Å². The molecule has 4 rings (SSSR count). The first kappa shape index (κ1) is 19.7. The summed E-state index contributed by atoms with van der Waals surface area (Å²) in [5.74, 6) is -0.955. The summed E-state index contributed by atoms with van der Waals surface area (Å²) in [6.07, 6.45) is 0. The molecule has 152 valence electrons. The van der Waals surface area contributed by atoms with Crippen LogP contribution in [0.1, 0.15) is 26.4 Å². The average molecular weight is 470 g/mol. The SMILES string of the molecule is COc1cccc2cc(C(=O)NNC(=O)c3[nH]c4ccc(Br)cc4c3C)c(=O)oc12. The summed E-state index contributed by atoms with van der Waals surface area (Å²) in [6, 6.07) is 12.0. The zero-order valence-corrected chi connectivity index (χ0v) is 17.5. The van der Waals surface area contributed by atoms with Gasteiger partial charge in [-0.2, -0.15) is 0 Å². The summed E-state index contributed by atoms with van der Waals surface area (Å²) in [5, 5.41) is 1.40. The number of carbonyl (C=O) groups is 2. The number of halogens is 1. The standard InChI is InChI=1S/C21H16BrN3O5/c1-10-13-9-12(22)6-7-15(13)23-17(10)20(27)25-24-19(26)14-8-11-4-3-5-16(29-2)18(11)30-21(14)28/h3-9,23H,1-2H3,(H,24,26)(H,25,27). The molecule has 2 heterocycles. The maximum absolute atomic E-state index is 12.5. The van der Waals surface area contributed by atoms with Crippen LogP contribution in [0, 0.1) is 6.92 Å². The molecule has 0 bridgehead atoms. The highest BCUT2D eigenvalue weighted by Crippen LogP contribution is 2.26. The van der Waals surface area contributed by atoms with Gasteiger partial charge < -0.3 is 14.1 Å². The number of fused-ring (bicyclic) bond motifs is 2. The van der Waals surface area contributed by atoms with Gasteiger partial charge in [0.15, 0.2) is 11.3 Å². The second-order valence-electron chi connectivity index (χ2n) is 6.55. The minimum atomic E-state index is -0.842. The number of aromatic nitrogens is 1. The number of rotatable bonds is 3. The molecule has 0 aliphatic heterocycles. The van der Waals surface area contributed by atoms with Gasteiger partial charge in [0.2, 0.25) is 0 Å². The van der Waals surface area contributed by atoms with Gasteiger partial charge in [0.1, 0.15) is 11.3 Å². The maximum atomic E-state index is 12.5. The number of H-pyrrole nitrogens is 1. The molecule has 9 heteroatoms. The lowest BCUT2D eigenvalue weighted by molar-refractivity contribution is 0.0842. The fourth-order valence-corrected chi connectivity index (χ4v) is 3.57. The third-order valence-corrected chi connectivity index (χ3v) is 5.22. The summed E-state index contributed by atoms with van der Waals surface area (Å²) in [4.78, 5) is 40.3. The minimum Gasteiger partial charge on any atom is -0.493 e. The number of hydrazine groups is 1. The molecule has 4 aromatic rings. The summed E-state index contributed by atoms with van der Waals surface area (Å²) >= 11 is 3.40. The van der Waals surface area contributed by atoms with Crippen molar-refractivity contribution in [1.29, 1.82) is 0 Å². The lowest BCUT2D eigenvalue weighted by Crippen LogP contribution is -2.43. The van der Waals surface area contributed by atoms with E-state index < -0.39 is 17.4 Å². The van der Waals surface area contributed by atoms with Crippen molar-refractivity contribution in [3.05, 3.63) is 74.2 Å². The number of ether oxygens (including phenoxy) is 1. The van der Waals surface area contributed by atoms with Crippen molar-refractivity contribution in [2.75, 3.05) is 7.11 Å². The molecule has 0 aliphatic rings. The Bertz CT molecular complexity index is 1370. The molecule has 0 aliphatic carbocycles. The van der Waals surface area contributed by atoms with Crippen LogP contribution in [-0.4, -0.2) is 23.9 Å². The Balaban J connectivity index is 1.56. The smallest absolute Gasteiger partial charge is 0.349 e. The largest absolute Gasteiger partial charge is 0.493 e. The van der Waals surface area contributed by atoms with Crippen molar-refractivity contribution in [3.63, 3.8) is 0 Å². The number of hydrogen-bond donors (Lipinski definition) is 3. The molecular weight excluding hydrogens is 454 g/mol. The van der Waals surface area contributed by atoms with E-state index in [2.05, 4.69) is 31.8 Å². The van der Waals surface area contributed by atoms with Crippen LogP contribution < -0.4 is 21.2 Å². The molecule has 0 radical (unpaired) electrons. The van der Waals surface area contributed by atoms with E-state index >= 15 is 0 Å². The number of carbonyl (C=O) groups excluding carboxylic acids is 2. The molecule has 0 atom stereocenters. The number of amides is 2. The lowest BCUT2D eigenvalue weighted by Gasteiger charge is -2.08. The van der Waals surface area contributed by atoms with Crippen LogP contribution in [0.15, 0.2) is 56.1 Å². The molecule has 2 aromatic heterocycles. The topological polar surface area (TPSA) is 113 Å². The highest BCUT2D eigenvalue weighted by atomic mass is 79.9. The van der Waals surface area contributed by atoms with Crippen LogP contribution in [0.4, 0.5) is 0 Å². The number of benzene rings is 2. The van der Waals surface area contributed by atoms with Crippen LogP contribution in [0.25, 0.3) is 21.9 Å². The van der Waals surface area contributed by atoms with Crippen molar-refractivity contribution in [3.8, 4) is 5.75 Å². The van der Waals surface area contributed by atoms with Crippen LogP contribution in [0.5, 0.6) is 5.75 Å². The van der Waals surface area contributed by atoms with E-state index in [-0.39, 0.29) is 11.1 Å². The van der Waals surface area contributed by atoms with Gasteiger partial charge in [-0.25, -0.2) is 4.79 Å². The third-order valence-electron chi connectivity index (χ3n) is 4.73. The van der Waals surface area contributed by atoms with Gasteiger partial charge in [0.05, 0.1) is 7.11 Å². The van der Waals surface area contributed by atoms with Crippen molar-refractivity contribution in [2.24, 2.45) is 0 Å². The molecule has 2 aromatic carbocycles. The van der Waals surface area contributed by atoms with Gasteiger partial charge in [0.25, 0.3) is 11.8 Å². The zero-order valence-electron chi connectivity index (χ0n) is 16.0. The van der Waals surface area contributed by atoms with Gasteiger partial charge in [-0.15, -0.1) is 0 Å². The monoisotopic (exact) mass is 469 g/mol. The Morgan fingerprint density at radius 2 is 1.87 bits per heavy atom. The number of aromatic amines is 1. The number of methoxy groups -OCH3 is 1. The van der Waals surface area contributed by atoms with E-state index in [1.165, 1.54) is 13.2 Å². The first-order chi connectivity index (χ1) is 14.4. The molecule has 8 nitrogen and oxygen atoms in total. The molecule has 2 amide bonds. The summed E-state index contributed by atoms with van der Waals surface area (Å²) in [7, 11) is 1.45. The normalized spacial score (nSPS) is 10.9. The summed E-state index contributed by atoms with van der Waals surface area (Å²) < 4.78 is 11.3. The Labute approximate surface area is 178 Å². The fourth-order valence-electron chi connectivity index (χ4n) is 3.21. The third kappa shape index (κ3) is 3.43. The van der Waals surface area contributed by atoms with Gasteiger partial charge in [-0.05, 0) is 42.8 Å². The van der Waals surface area contributed by atoms with Crippen molar-refractivity contribution in [1.82, 2.24) is 15.8 Å². The number of aryl methyl sites for hydroxylation is 1. The second kappa shape index (κ2) is 7.68. The molecular formula is C21H16BrN3O5. The quantitative estimate of drug-likeness (QED) is 0.314. The molecule has 0 fully saturated rings. The highest BCUT2D eigenvalue weighted by Gasteiger charge is 2.19. The van der Waals surface area contributed by atoms with Gasteiger partial charge in [-0.1, -0.05) is 28.1 Å². The van der Waals surface area contributed by atoms with E-state index in [9.17, 15) is 14.4 Å². The minimum absolute atomic E-state index is 0.241. The molecule has 30 heavy (non-hydrogen) atoms. The fraction of sp³-hybridized carbons (Fsp3) is 0.0952. The predicted molar refractivity (Wildman–Crippen MR) is 115 cm³/mol. The van der Waals surface area contributed by atoms with Crippen molar-refractivity contribution < 1.29 is 18.7 Å². The first-order valence-electron chi connectivity index (χ1n) is 8.88. The lowest BCUT2D eigenvalue weighted by atomic mass is 10.1. The Morgan fingerprint density at radius 1 is 1.10 bits per heavy atom. The number of para-hydroxylation sites is 1. The molecule has 0 spiro atoms. The summed E-state index contributed by atoms with van der Waals surface area (Å²) in [5.41, 5.74) is 5.56. The highest BCUT2D eigenvalue weighted by molar-refractivity contribution is 9.10. The molecule has 3 N–H and O–H groups in total. The molecule has 0 saturated heterocycles. The number of hydrogen-bond acceptors (Lipinski definition) is 5. The van der Waals surface area contributed by atoms with Gasteiger partial charge in [0, 0.05) is 20.8 Å². The predicted octanol–water partition coefficient (Wildman–Crippen LogP) is 3.43. The van der Waals surface area contributed by atoms with Crippen LogP contribution in [0.2, 0.25) is 0 Å². The second-order valence-corrected chi connectivity index (χ2v) is 7.46. The van der Waals surface area contributed by atoms with E-state index in [4.69, 9.17) is 9.15 Å². The van der Waals surface area contributed by atoms with E-state index in [1.807, 2.05) is 18.2 Å². The first-order valence-corrected chi connectivity index (χ1v) is 9.67. The van der Waals surface area contributed by atoms with Crippen molar-refractivity contribution >= 4 is 49.6 Å². The Hall–Kier alpha value is -3.59. The van der Waals surface area contributed by atoms with Crippen LogP contribution >= 0.6 is 15.9 Å². The maximum Gasteiger partial charge on any atom is 0.349 e. The summed E-state index contributed by atoms with van der Waals surface area (Å²) in [6.45, 7) is 1.80. The van der Waals surface area contributed by atoms with E-state index in [0.29, 0.717) is 16.8 Å². The molecule has 0 saturated carbocycles. The average Bonchev–Trinajstić information content (AvgIpc) is 3.06. The van der Waals surface area contributed by atoms with Crippen LogP contribution in [0.3, 0.4) is 0 Å². The molecule has 0 unspecified atom stereocenters. The Morgan fingerprint density at radius 3 is 2.63 bits per heavy atom. The van der Waals surface area contributed by atoms with Gasteiger partial charge >= 0.3 is 5.63 Å². The van der Waals surface area contributed by atoms with Gasteiger partial charge in [-0.3, -0.25) is 20.4 Å². The van der Waals surface area contributed by atoms with Crippen molar-refractivity contribution in [2.45, 2.75) is 6.92 Å². The number of nitrogens with one attached hydrogen (secondary N) is 3. The Kier molecular flexibility index (Phi) is 5.04. The zero-order chi connectivity index (χ0) is 21.4. The van der Waals surface area contributed by atoms with E-state index in [0.717, 1.165) is 20.9 Å². The van der Waals surface area contributed by atoms with Crippen LogP contribution in [-0.2, 0) is 0 Å².